The summed E-state index contributed by atoms with van der Waals surface area (Å²) in [7, 11) is 0. The lowest BCUT2D eigenvalue weighted by atomic mass is 10.4. The normalized spacial score (nSPS) is 9.91. The summed E-state index contributed by atoms with van der Waals surface area (Å²) in [6.07, 6.45) is 2.80. The van der Waals surface area contributed by atoms with Crippen molar-refractivity contribution in [3.8, 4) is 0 Å². The summed E-state index contributed by atoms with van der Waals surface area (Å²) in [6.45, 7) is 0.797. The van der Waals surface area contributed by atoms with Crippen molar-refractivity contribution in [2.75, 3.05) is 5.33 Å². The summed E-state index contributed by atoms with van der Waals surface area (Å²) < 4.78 is 1.71. The zero-order chi connectivity index (χ0) is 8.10. The molecule has 2 nitrogen and oxygen atoms in total. The molecule has 1 rings (SSSR count). The number of pyridine rings is 1. The number of halogens is 1. The molecular weight excluding hydrogens is 206 g/mol. The van der Waals surface area contributed by atoms with Crippen molar-refractivity contribution in [2.45, 2.75) is 13.0 Å². The largest absolute Gasteiger partial charge is 0.316 e. The number of hydrogen-bond acceptors (Lipinski definition) is 1. The number of hydrogen-bond donors (Lipinski definition) is 0. The second kappa shape index (κ2) is 4.34. The first-order valence-electron chi connectivity index (χ1n) is 3.56. The predicted octanol–water partition coefficient (Wildman–Crippen LogP) is 1.63. The fourth-order valence-electron chi connectivity index (χ4n) is 0.875. The van der Waals surface area contributed by atoms with Gasteiger partial charge in [0.15, 0.2) is 0 Å². The molecule has 1 aromatic rings. The number of rotatable bonds is 3. The lowest BCUT2D eigenvalue weighted by molar-refractivity contribution is 0.660. The maximum Gasteiger partial charge on any atom is 0.250 e. The van der Waals surface area contributed by atoms with Gasteiger partial charge in [-0.05, 0) is 12.5 Å². The Kier molecular flexibility index (Phi) is 3.36. The molecule has 0 bridgehead atoms. The molecule has 3 heteroatoms. The molecule has 0 aromatic carbocycles. The van der Waals surface area contributed by atoms with Gasteiger partial charge in [-0.2, -0.15) is 0 Å². The Hall–Kier alpha value is -0.570. The van der Waals surface area contributed by atoms with Crippen LogP contribution in [0, 0.1) is 0 Å². The van der Waals surface area contributed by atoms with E-state index in [9.17, 15) is 4.79 Å². The van der Waals surface area contributed by atoms with Crippen LogP contribution in [-0.2, 0) is 6.54 Å². The summed E-state index contributed by atoms with van der Waals surface area (Å²) in [4.78, 5) is 11.1. The van der Waals surface area contributed by atoms with Crippen LogP contribution < -0.4 is 5.56 Å². The van der Waals surface area contributed by atoms with E-state index in [4.69, 9.17) is 0 Å². The highest BCUT2D eigenvalue weighted by atomic mass is 79.9. The Labute approximate surface area is 74.0 Å². The van der Waals surface area contributed by atoms with E-state index in [1.165, 1.54) is 0 Å². The van der Waals surface area contributed by atoms with Gasteiger partial charge in [-0.25, -0.2) is 0 Å². The van der Waals surface area contributed by atoms with Gasteiger partial charge in [0.1, 0.15) is 0 Å². The van der Waals surface area contributed by atoms with Crippen molar-refractivity contribution < 1.29 is 0 Å². The van der Waals surface area contributed by atoms with Crippen molar-refractivity contribution in [1.82, 2.24) is 4.57 Å². The van der Waals surface area contributed by atoms with Gasteiger partial charge in [0, 0.05) is 24.1 Å². The first-order chi connectivity index (χ1) is 5.34. The molecule has 0 amide bonds. The molecule has 0 spiro atoms. The van der Waals surface area contributed by atoms with Gasteiger partial charge >= 0.3 is 0 Å². The van der Waals surface area contributed by atoms with Crippen molar-refractivity contribution in [3.05, 3.63) is 34.7 Å². The summed E-state index contributed by atoms with van der Waals surface area (Å²) in [5, 5.41) is 0.939. The molecule has 0 N–H and O–H groups in total. The van der Waals surface area contributed by atoms with Crippen LogP contribution in [0.5, 0.6) is 0 Å². The third-order valence-electron chi connectivity index (χ3n) is 1.43. The van der Waals surface area contributed by atoms with Crippen LogP contribution in [-0.4, -0.2) is 9.90 Å². The molecule has 11 heavy (non-hydrogen) atoms. The van der Waals surface area contributed by atoms with E-state index >= 15 is 0 Å². The molecule has 0 aliphatic heterocycles. The van der Waals surface area contributed by atoms with Crippen molar-refractivity contribution in [3.63, 3.8) is 0 Å². The minimum absolute atomic E-state index is 0.0773. The Balaban J connectivity index is 2.70. The fourth-order valence-corrected chi connectivity index (χ4v) is 1.13. The van der Waals surface area contributed by atoms with Crippen LogP contribution in [0.15, 0.2) is 29.2 Å². The Morgan fingerprint density at radius 3 is 2.91 bits per heavy atom. The first-order valence-corrected chi connectivity index (χ1v) is 4.68. The van der Waals surface area contributed by atoms with Gasteiger partial charge in [-0.3, -0.25) is 4.79 Å². The third kappa shape index (κ3) is 2.50. The topological polar surface area (TPSA) is 22.0 Å². The molecule has 60 valence electrons. The zero-order valence-corrected chi connectivity index (χ0v) is 7.75. The summed E-state index contributed by atoms with van der Waals surface area (Å²) >= 11 is 3.32. The third-order valence-corrected chi connectivity index (χ3v) is 1.99. The van der Waals surface area contributed by atoms with Crippen LogP contribution in [0.3, 0.4) is 0 Å². The Morgan fingerprint density at radius 2 is 2.27 bits per heavy atom. The summed E-state index contributed by atoms with van der Waals surface area (Å²) in [5.74, 6) is 0. The van der Waals surface area contributed by atoms with Crippen LogP contribution in [0.2, 0.25) is 0 Å². The molecule has 0 aliphatic carbocycles. The second-order valence-electron chi connectivity index (χ2n) is 2.27. The molecule has 0 radical (unpaired) electrons. The standard InChI is InChI=1S/C8H10BrNO/c9-5-3-7-10-6-2-1-4-8(10)11/h1-2,4,6H,3,5,7H2. The number of alkyl halides is 1. The summed E-state index contributed by atoms with van der Waals surface area (Å²) in [5.41, 5.74) is 0.0773. The molecule has 0 aliphatic rings. The quantitative estimate of drug-likeness (QED) is 0.704. The molecule has 0 saturated carbocycles. The SMILES string of the molecule is O=c1ccccn1CCCBr. The van der Waals surface area contributed by atoms with Gasteiger partial charge in [-0.1, -0.05) is 22.0 Å². The average molecular weight is 216 g/mol. The monoisotopic (exact) mass is 215 g/mol. The fraction of sp³-hybridized carbons (Fsp3) is 0.375. The van der Waals surface area contributed by atoms with Crippen LogP contribution in [0.25, 0.3) is 0 Å². The average Bonchev–Trinajstić information content (AvgIpc) is 2.03. The number of aryl methyl sites for hydroxylation is 1. The van der Waals surface area contributed by atoms with Crippen LogP contribution >= 0.6 is 15.9 Å². The van der Waals surface area contributed by atoms with Crippen molar-refractivity contribution in [2.24, 2.45) is 0 Å². The highest BCUT2D eigenvalue weighted by Gasteiger charge is 1.90. The first kappa shape index (κ1) is 8.53. The molecular formula is C8H10BrNO. The van der Waals surface area contributed by atoms with Gasteiger partial charge in [-0.15, -0.1) is 0 Å². The van der Waals surface area contributed by atoms with Crippen molar-refractivity contribution >= 4 is 15.9 Å². The lowest BCUT2D eigenvalue weighted by Gasteiger charge is -2.00. The second-order valence-corrected chi connectivity index (χ2v) is 3.07. The van der Waals surface area contributed by atoms with E-state index < -0.39 is 0 Å². The van der Waals surface area contributed by atoms with E-state index in [0.717, 1.165) is 18.3 Å². The minimum Gasteiger partial charge on any atom is -0.316 e. The number of nitrogens with zero attached hydrogens (tertiary/aromatic N) is 1. The van der Waals surface area contributed by atoms with Gasteiger partial charge < -0.3 is 4.57 Å². The highest BCUT2D eigenvalue weighted by molar-refractivity contribution is 9.09. The maximum absolute atomic E-state index is 11.1. The molecule has 1 aromatic heterocycles. The van der Waals surface area contributed by atoms with Gasteiger partial charge in [0.05, 0.1) is 0 Å². The maximum atomic E-state index is 11.1. The highest BCUT2D eigenvalue weighted by Crippen LogP contribution is 1.90. The van der Waals surface area contributed by atoms with Crippen molar-refractivity contribution in [1.29, 1.82) is 0 Å². The number of aromatic nitrogens is 1. The molecule has 0 unspecified atom stereocenters. The van der Waals surface area contributed by atoms with E-state index in [2.05, 4.69) is 15.9 Å². The zero-order valence-electron chi connectivity index (χ0n) is 6.16. The van der Waals surface area contributed by atoms with E-state index in [0.29, 0.717) is 0 Å². The molecule has 0 fully saturated rings. The van der Waals surface area contributed by atoms with E-state index in [1.54, 1.807) is 16.7 Å². The van der Waals surface area contributed by atoms with Crippen LogP contribution in [0.4, 0.5) is 0 Å². The predicted molar refractivity (Wildman–Crippen MR) is 49.1 cm³/mol. The Morgan fingerprint density at radius 1 is 1.45 bits per heavy atom. The summed E-state index contributed by atoms with van der Waals surface area (Å²) in [6, 6.07) is 5.21. The van der Waals surface area contributed by atoms with Crippen LogP contribution in [0.1, 0.15) is 6.42 Å². The van der Waals surface area contributed by atoms with Gasteiger partial charge in [0.2, 0.25) is 5.56 Å². The minimum atomic E-state index is 0.0773. The van der Waals surface area contributed by atoms with E-state index in [1.807, 2.05) is 12.3 Å². The molecule has 0 atom stereocenters. The smallest absolute Gasteiger partial charge is 0.250 e. The molecule has 0 saturated heterocycles. The molecule has 1 heterocycles. The van der Waals surface area contributed by atoms with E-state index in [-0.39, 0.29) is 5.56 Å². The van der Waals surface area contributed by atoms with Gasteiger partial charge in [0.25, 0.3) is 0 Å². The lowest BCUT2D eigenvalue weighted by Crippen LogP contribution is -2.17. The Bertz CT molecular complexity index is 269.